The lowest BCUT2D eigenvalue weighted by atomic mass is 10.0. The molecule has 0 aliphatic carbocycles. The number of alkyl halides is 6. The van der Waals surface area contributed by atoms with E-state index in [0.717, 1.165) is 18.3 Å². The zero-order valence-corrected chi connectivity index (χ0v) is 18.2. The number of benzene rings is 2. The highest BCUT2D eigenvalue weighted by Crippen LogP contribution is 2.43. The fourth-order valence-corrected chi connectivity index (χ4v) is 4.17. The predicted molar refractivity (Wildman–Crippen MR) is 116 cm³/mol. The molecule has 5 rings (SSSR count). The van der Waals surface area contributed by atoms with Gasteiger partial charge in [-0.05, 0) is 24.3 Å². The summed E-state index contributed by atoms with van der Waals surface area (Å²) in [6, 6.07) is 7.06. The molecule has 0 radical (unpaired) electrons. The lowest BCUT2D eigenvalue weighted by Gasteiger charge is -2.16. The topological polar surface area (TPSA) is 88.9 Å². The van der Waals surface area contributed by atoms with Crippen LogP contribution in [0.2, 0.25) is 5.02 Å². The highest BCUT2D eigenvalue weighted by Gasteiger charge is 2.41. The first-order valence-corrected chi connectivity index (χ1v) is 10.3. The van der Waals surface area contributed by atoms with Gasteiger partial charge in [0.05, 0.1) is 28.2 Å². The molecule has 4 aromatic rings. The molecule has 0 fully saturated rings. The fraction of sp³-hybridized carbons (Fsp3) is 0.0909. The number of carbonyl (C=O) groups excluding carboxylic acids is 2. The Morgan fingerprint density at radius 1 is 1.06 bits per heavy atom. The Hall–Kier alpha value is -4.13. The Morgan fingerprint density at radius 3 is 2.50 bits per heavy atom. The molecule has 2 aromatic heterocycles. The number of nitrogens with one attached hydrogen (secondary N) is 2. The van der Waals surface area contributed by atoms with E-state index in [9.17, 15) is 35.9 Å². The van der Waals surface area contributed by atoms with E-state index in [4.69, 9.17) is 11.6 Å². The van der Waals surface area contributed by atoms with Crippen LogP contribution in [0.25, 0.3) is 16.5 Å². The summed E-state index contributed by atoms with van der Waals surface area (Å²) >= 11 is 6.24. The number of hydrogen-bond donors (Lipinski definition) is 2. The van der Waals surface area contributed by atoms with E-state index in [1.165, 1.54) is 18.2 Å². The molecule has 2 aromatic carbocycles. The standard InChI is InChI=1S/C22H10ClF6N5O2/c23-13-7-14(10-2-1-3-11-16(10)17(13)33-19(11)35)34-18(22(27,28)29)12(8-31-34)20(36)32-9-4-5-30-15(6-9)21(24,25)26/h1-8H,(H,33,35)(H,30,32,36). The van der Waals surface area contributed by atoms with E-state index >= 15 is 0 Å². The molecule has 2 amide bonds. The lowest BCUT2D eigenvalue weighted by molar-refractivity contribution is -0.143. The van der Waals surface area contributed by atoms with Crippen molar-refractivity contribution in [2.75, 3.05) is 10.6 Å². The molecule has 3 heterocycles. The van der Waals surface area contributed by atoms with E-state index in [0.29, 0.717) is 16.9 Å². The Balaban J connectivity index is 1.64. The summed E-state index contributed by atoms with van der Waals surface area (Å²) in [6.45, 7) is 0. The normalized spacial score (nSPS) is 13.2. The van der Waals surface area contributed by atoms with Crippen molar-refractivity contribution in [3.63, 3.8) is 0 Å². The van der Waals surface area contributed by atoms with Gasteiger partial charge in [0.2, 0.25) is 0 Å². The van der Waals surface area contributed by atoms with Gasteiger partial charge >= 0.3 is 12.4 Å². The number of hydrogen-bond acceptors (Lipinski definition) is 4. The van der Waals surface area contributed by atoms with Crippen LogP contribution < -0.4 is 10.6 Å². The van der Waals surface area contributed by atoms with Crippen molar-refractivity contribution in [2.45, 2.75) is 12.4 Å². The number of pyridine rings is 1. The van der Waals surface area contributed by atoms with Gasteiger partial charge in [0.1, 0.15) is 5.69 Å². The maximum absolute atomic E-state index is 14.2. The number of amides is 2. The monoisotopic (exact) mass is 525 g/mol. The number of rotatable bonds is 3. The Morgan fingerprint density at radius 2 is 1.81 bits per heavy atom. The van der Waals surface area contributed by atoms with Crippen molar-refractivity contribution < 1.29 is 35.9 Å². The number of carbonyl (C=O) groups is 2. The fourth-order valence-electron chi connectivity index (χ4n) is 3.92. The summed E-state index contributed by atoms with van der Waals surface area (Å²) in [5, 5.41) is 8.75. The molecule has 1 aliphatic heterocycles. The van der Waals surface area contributed by atoms with Gasteiger partial charge in [0, 0.05) is 28.2 Å². The van der Waals surface area contributed by atoms with Gasteiger partial charge in [-0.1, -0.05) is 23.7 Å². The molecule has 7 nitrogen and oxygen atoms in total. The number of aromatic nitrogens is 3. The van der Waals surface area contributed by atoms with Gasteiger partial charge < -0.3 is 10.6 Å². The minimum absolute atomic E-state index is 0.0538. The number of anilines is 2. The average molecular weight is 526 g/mol. The second-order valence-electron chi connectivity index (χ2n) is 7.63. The van der Waals surface area contributed by atoms with Gasteiger partial charge in [-0.15, -0.1) is 0 Å². The molecular weight excluding hydrogens is 516 g/mol. The Kier molecular flexibility index (Phi) is 5.21. The number of nitrogens with zero attached hydrogens (tertiary/aromatic N) is 3. The van der Waals surface area contributed by atoms with Crippen LogP contribution >= 0.6 is 11.6 Å². The molecule has 0 saturated heterocycles. The van der Waals surface area contributed by atoms with E-state index in [-0.39, 0.29) is 32.7 Å². The molecule has 14 heteroatoms. The third kappa shape index (κ3) is 3.81. The quantitative estimate of drug-likeness (QED) is 0.325. The molecule has 2 N–H and O–H groups in total. The second-order valence-corrected chi connectivity index (χ2v) is 8.04. The molecule has 0 saturated carbocycles. The van der Waals surface area contributed by atoms with E-state index in [1.54, 1.807) is 0 Å². The highest BCUT2D eigenvalue weighted by molar-refractivity contribution is 6.39. The zero-order valence-electron chi connectivity index (χ0n) is 17.4. The predicted octanol–water partition coefficient (Wildman–Crippen LogP) is 5.93. The van der Waals surface area contributed by atoms with Gasteiger partial charge in [-0.2, -0.15) is 31.4 Å². The van der Waals surface area contributed by atoms with Crippen molar-refractivity contribution >= 4 is 45.6 Å². The van der Waals surface area contributed by atoms with Crippen molar-refractivity contribution in [1.82, 2.24) is 14.8 Å². The summed E-state index contributed by atoms with van der Waals surface area (Å²) in [5.74, 6) is -1.83. The van der Waals surface area contributed by atoms with Crippen molar-refractivity contribution in [3.05, 3.63) is 76.3 Å². The summed E-state index contributed by atoms with van der Waals surface area (Å²) < 4.78 is 81.7. The molecule has 0 spiro atoms. The molecule has 0 unspecified atom stereocenters. The molecule has 184 valence electrons. The third-order valence-electron chi connectivity index (χ3n) is 5.39. The van der Waals surface area contributed by atoms with Crippen LogP contribution in [-0.4, -0.2) is 26.6 Å². The van der Waals surface area contributed by atoms with Crippen LogP contribution in [0.15, 0.2) is 48.8 Å². The summed E-state index contributed by atoms with van der Waals surface area (Å²) in [6.07, 6.45) is -8.53. The van der Waals surface area contributed by atoms with Crippen LogP contribution in [0, 0.1) is 0 Å². The SMILES string of the molecule is O=C(Nc1ccnc(C(F)(F)F)c1)c1cnn(-c2cc(Cl)c3c4c(cccc24)C(=O)N3)c1C(F)(F)F. The first kappa shape index (κ1) is 23.6. The number of halogens is 7. The first-order valence-electron chi connectivity index (χ1n) is 9.93. The third-order valence-corrected chi connectivity index (χ3v) is 5.69. The second kappa shape index (κ2) is 7.95. The minimum atomic E-state index is -5.11. The maximum Gasteiger partial charge on any atom is 0.434 e. The highest BCUT2D eigenvalue weighted by atomic mass is 35.5. The van der Waals surface area contributed by atoms with Gasteiger partial charge in [0.15, 0.2) is 5.69 Å². The van der Waals surface area contributed by atoms with Crippen LogP contribution in [0.4, 0.5) is 37.7 Å². The van der Waals surface area contributed by atoms with Gasteiger partial charge in [0.25, 0.3) is 11.8 Å². The molecular formula is C22H10ClF6N5O2. The first-order chi connectivity index (χ1) is 16.9. The maximum atomic E-state index is 14.2. The smallest absolute Gasteiger partial charge is 0.322 e. The summed E-state index contributed by atoms with van der Waals surface area (Å²) in [4.78, 5) is 28.1. The van der Waals surface area contributed by atoms with E-state index in [1.807, 2.05) is 5.32 Å². The molecule has 36 heavy (non-hydrogen) atoms. The van der Waals surface area contributed by atoms with Crippen molar-refractivity contribution in [1.29, 1.82) is 0 Å². The Labute approximate surface area is 201 Å². The largest absolute Gasteiger partial charge is 0.434 e. The summed E-state index contributed by atoms with van der Waals surface area (Å²) in [5.41, 5.74) is -3.91. The van der Waals surface area contributed by atoms with Crippen molar-refractivity contribution in [2.24, 2.45) is 0 Å². The average Bonchev–Trinajstić information content (AvgIpc) is 3.39. The minimum Gasteiger partial charge on any atom is -0.322 e. The van der Waals surface area contributed by atoms with Crippen LogP contribution in [-0.2, 0) is 12.4 Å². The lowest BCUT2D eigenvalue weighted by Crippen LogP contribution is -2.21. The van der Waals surface area contributed by atoms with Gasteiger partial charge in [-0.25, -0.2) is 4.68 Å². The van der Waals surface area contributed by atoms with E-state index < -0.39 is 46.8 Å². The molecule has 0 bridgehead atoms. The Bertz CT molecular complexity index is 1580. The van der Waals surface area contributed by atoms with Gasteiger partial charge in [-0.3, -0.25) is 14.6 Å². The zero-order chi connectivity index (χ0) is 26.0. The molecule has 0 atom stereocenters. The van der Waals surface area contributed by atoms with Crippen molar-refractivity contribution in [3.8, 4) is 5.69 Å². The van der Waals surface area contributed by atoms with Crippen LogP contribution in [0.1, 0.15) is 32.1 Å². The van der Waals surface area contributed by atoms with E-state index in [2.05, 4.69) is 15.4 Å². The molecule has 1 aliphatic rings. The summed E-state index contributed by atoms with van der Waals surface area (Å²) in [7, 11) is 0. The van der Waals surface area contributed by atoms with Crippen LogP contribution in [0.3, 0.4) is 0 Å². The van der Waals surface area contributed by atoms with Crippen LogP contribution in [0.5, 0.6) is 0 Å².